The summed E-state index contributed by atoms with van der Waals surface area (Å²) in [5, 5.41) is 2.90. The van der Waals surface area contributed by atoms with Crippen LogP contribution in [0.5, 0.6) is 0 Å². The zero-order valence-corrected chi connectivity index (χ0v) is 14.0. The third-order valence-corrected chi connectivity index (χ3v) is 5.19. The number of halogens is 1. The molecule has 0 fully saturated rings. The Kier molecular flexibility index (Phi) is 3.90. The molecule has 4 rings (SSSR count). The number of hydrogen-bond acceptors (Lipinski definition) is 3. The first-order valence-electron chi connectivity index (χ1n) is 7.51. The molecule has 0 bridgehead atoms. The van der Waals surface area contributed by atoms with Crippen molar-refractivity contribution in [3.63, 3.8) is 0 Å². The number of benzene rings is 2. The highest BCUT2D eigenvalue weighted by Gasteiger charge is 2.17. The Bertz CT molecular complexity index is 856. The second-order valence-electron chi connectivity index (χ2n) is 5.43. The molecule has 0 unspecified atom stereocenters. The number of hydrogen-bond donors (Lipinski definition) is 0. The fourth-order valence-corrected chi connectivity index (χ4v) is 4.10. The second-order valence-corrected chi connectivity index (χ2v) is 6.79. The van der Waals surface area contributed by atoms with Crippen molar-refractivity contribution in [3.8, 4) is 10.4 Å². The maximum absolute atomic E-state index is 6.50. The summed E-state index contributed by atoms with van der Waals surface area (Å²) in [6.45, 7) is 1.63. The molecule has 3 aromatic rings. The van der Waals surface area contributed by atoms with Gasteiger partial charge < -0.3 is 4.90 Å². The summed E-state index contributed by atoms with van der Waals surface area (Å²) in [4.78, 5) is 8.04. The summed E-state index contributed by atoms with van der Waals surface area (Å²) in [5.74, 6) is 0. The Morgan fingerprint density at radius 1 is 1.04 bits per heavy atom. The second kappa shape index (κ2) is 6.19. The van der Waals surface area contributed by atoms with Gasteiger partial charge in [-0.15, -0.1) is 11.3 Å². The summed E-state index contributed by atoms with van der Waals surface area (Å²) in [6, 6.07) is 18.6. The molecule has 0 atom stereocenters. The summed E-state index contributed by atoms with van der Waals surface area (Å²) in [6.07, 6.45) is 1.97. The van der Waals surface area contributed by atoms with Crippen molar-refractivity contribution in [2.45, 2.75) is 6.54 Å². The van der Waals surface area contributed by atoms with E-state index in [2.05, 4.69) is 51.7 Å². The quantitative estimate of drug-likeness (QED) is 0.590. The Morgan fingerprint density at radius 2 is 1.96 bits per heavy atom. The lowest BCUT2D eigenvalue weighted by Gasteiger charge is -2.28. The van der Waals surface area contributed by atoms with Crippen LogP contribution in [0.25, 0.3) is 10.4 Å². The Labute approximate surface area is 144 Å². The number of nitrogens with zero attached hydrogens (tertiary/aromatic N) is 2. The molecule has 2 heterocycles. The molecule has 23 heavy (non-hydrogen) atoms. The van der Waals surface area contributed by atoms with Crippen LogP contribution in [0.1, 0.15) is 5.56 Å². The van der Waals surface area contributed by atoms with Crippen LogP contribution in [0.4, 0.5) is 11.4 Å². The smallest absolute Gasteiger partial charge is 0.0860 e. The van der Waals surface area contributed by atoms with Crippen LogP contribution in [0.15, 0.2) is 65.0 Å². The summed E-state index contributed by atoms with van der Waals surface area (Å²) in [7, 11) is 0. The van der Waals surface area contributed by atoms with E-state index in [1.807, 2.05) is 24.4 Å². The third-order valence-electron chi connectivity index (χ3n) is 3.98. The number of anilines is 1. The predicted molar refractivity (Wildman–Crippen MR) is 100 cm³/mol. The monoisotopic (exact) mass is 338 g/mol. The maximum Gasteiger partial charge on any atom is 0.0860 e. The predicted octanol–water partition coefficient (Wildman–Crippen LogP) is 5.79. The molecule has 0 aliphatic carbocycles. The molecule has 1 aliphatic heterocycles. The van der Waals surface area contributed by atoms with Crippen LogP contribution in [0.3, 0.4) is 0 Å². The van der Waals surface area contributed by atoms with Gasteiger partial charge in [-0.3, -0.25) is 4.99 Å². The van der Waals surface area contributed by atoms with Gasteiger partial charge in [0.1, 0.15) is 0 Å². The van der Waals surface area contributed by atoms with Crippen molar-refractivity contribution in [1.29, 1.82) is 0 Å². The molecular weight excluding hydrogens is 324 g/mol. The molecule has 0 saturated carbocycles. The molecular formula is C19H15ClN2S. The lowest BCUT2D eigenvalue weighted by Crippen LogP contribution is -2.27. The van der Waals surface area contributed by atoms with Crippen LogP contribution < -0.4 is 4.90 Å². The molecule has 2 aromatic carbocycles. The molecule has 0 radical (unpaired) electrons. The molecule has 0 saturated heterocycles. The van der Waals surface area contributed by atoms with E-state index in [1.165, 1.54) is 16.1 Å². The minimum atomic E-state index is 0.809. The van der Waals surface area contributed by atoms with Crippen molar-refractivity contribution in [1.82, 2.24) is 0 Å². The zero-order chi connectivity index (χ0) is 15.6. The number of aliphatic imine (C=N–C) groups is 1. The van der Waals surface area contributed by atoms with Gasteiger partial charge in [-0.1, -0.05) is 41.9 Å². The SMILES string of the molecule is Clc1cccc(CN2CC=Nc3ccccc32)c1-c1cccs1. The van der Waals surface area contributed by atoms with Gasteiger partial charge in [0.2, 0.25) is 0 Å². The van der Waals surface area contributed by atoms with E-state index in [0.29, 0.717) is 0 Å². The Balaban J connectivity index is 1.74. The topological polar surface area (TPSA) is 15.6 Å². The van der Waals surface area contributed by atoms with Gasteiger partial charge in [0.05, 0.1) is 17.9 Å². The van der Waals surface area contributed by atoms with Gasteiger partial charge in [-0.2, -0.15) is 0 Å². The van der Waals surface area contributed by atoms with Gasteiger partial charge in [-0.05, 0) is 35.2 Å². The number of thiophene rings is 1. The van der Waals surface area contributed by atoms with Crippen LogP contribution in [0.2, 0.25) is 5.02 Å². The molecule has 0 N–H and O–H groups in total. The van der Waals surface area contributed by atoms with Gasteiger partial charge in [0.25, 0.3) is 0 Å². The zero-order valence-electron chi connectivity index (χ0n) is 12.4. The van der Waals surface area contributed by atoms with E-state index in [0.717, 1.165) is 29.4 Å². The summed E-state index contributed by atoms with van der Waals surface area (Å²) >= 11 is 8.22. The van der Waals surface area contributed by atoms with E-state index in [4.69, 9.17) is 11.6 Å². The average molecular weight is 339 g/mol. The van der Waals surface area contributed by atoms with Crippen LogP contribution in [0, 0.1) is 0 Å². The largest absolute Gasteiger partial charge is 0.360 e. The maximum atomic E-state index is 6.50. The van der Waals surface area contributed by atoms with E-state index >= 15 is 0 Å². The molecule has 1 aromatic heterocycles. The van der Waals surface area contributed by atoms with Crippen molar-refractivity contribution in [2.24, 2.45) is 4.99 Å². The Hall–Kier alpha value is -2.10. The first-order chi connectivity index (χ1) is 11.3. The molecule has 2 nitrogen and oxygen atoms in total. The summed E-state index contributed by atoms with van der Waals surface area (Å²) in [5.41, 5.74) is 4.58. The number of para-hydroxylation sites is 2. The van der Waals surface area contributed by atoms with E-state index in [9.17, 15) is 0 Å². The van der Waals surface area contributed by atoms with Crippen molar-refractivity contribution in [3.05, 3.63) is 70.6 Å². The first kappa shape index (κ1) is 14.5. The lowest BCUT2D eigenvalue weighted by molar-refractivity contribution is 0.883. The Morgan fingerprint density at radius 3 is 2.83 bits per heavy atom. The van der Waals surface area contributed by atoms with Gasteiger partial charge in [-0.25, -0.2) is 0 Å². The third kappa shape index (κ3) is 2.78. The number of rotatable bonds is 3. The molecule has 114 valence electrons. The van der Waals surface area contributed by atoms with E-state index in [-0.39, 0.29) is 0 Å². The summed E-state index contributed by atoms with van der Waals surface area (Å²) < 4.78 is 0. The van der Waals surface area contributed by atoms with E-state index < -0.39 is 0 Å². The van der Waals surface area contributed by atoms with Crippen molar-refractivity contribution >= 4 is 40.5 Å². The van der Waals surface area contributed by atoms with Crippen LogP contribution in [-0.4, -0.2) is 12.8 Å². The fourth-order valence-electron chi connectivity index (χ4n) is 2.93. The fraction of sp³-hybridized carbons (Fsp3) is 0.105. The van der Waals surface area contributed by atoms with Gasteiger partial charge in [0.15, 0.2) is 0 Å². The minimum absolute atomic E-state index is 0.809. The van der Waals surface area contributed by atoms with Gasteiger partial charge in [0, 0.05) is 28.2 Å². The normalized spacial score (nSPS) is 13.2. The minimum Gasteiger partial charge on any atom is -0.360 e. The molecule has 1 aliphatic rings. The van der Waals surface area contributed by atoms with E-state index in [1.54, 1.807) is 11.3 Å². The number of fused-ring (bicyclic) bond motifs is 1. The first-order valence-corrected chi connectivity index (χ1v) is 8.76. The highest BCUT2D eigenvalue weighted by atomic mass is 35.5. The average Bonchev–Trinajstić information content (AvgIpc) is 3.09. The van der Waals surface area contributed by atoms with Crippen LogP contribution >= 0.6 is 22.9 Å². The molecule has 0 amide bonds. The molecule has 0 spiro atoms. The van der Waals surface area contributed by atoms with Gasteiger partial charge >= 0.3 is 0 Å². The molecule has 4 heteroatoms. The highest BCUT2D eigenvalue weighted by molar-refractivity contribution is 7.13. The standard InChI is InChI=1S/C19H15ClN2S/c20-15-6-3-5-14(19(15)18-9-4-12-23-18)13-22-11-10-21-16-7-1-2-8-17(16)22/h1-10,12H,11,13H2. The lowest BCUT2D eigenvalue weighted by atomic mass is 10.0. The van der Waals surface area contributed by atoms with Crippen molar-refractivity contribution in [2.75, 3.05) is 11.4 Å². The highest BCUT2D eigenvalue weighted by Crippen LogP contribution is 2.37. The van der Waals surface area contributed by atoms with Crippen LogP contribution in [-0.2, 0) is 6.54 Å². The van der Waals surface area contributed by atoms with Crippen molar-refractivity contribution < 1.29 is 0 Å².